The van der Waals surface area contributed by atoms with Gasteiger partial charge in [-0.1, -0.05) is 12.8 Å². The highest BCUT2D eigenvalue weighted by atomic mass is 16.5. The Morgan fingerprint density at radius 3 is 2.89 bits per heavy atom. The third kappa shape index (κ3) is 2.25. The van der Waals surface area contributed by atoms with E-state index in [-0.39, 0.29) is 11.5 Å². The van der Waals surface area contributed by atoms with Crippen molar-refractivity contribution >= 4 is 5.82 Å². The first kappa shape index (κ1) is 12.9. The van der Waals surface area contributed by atoms with Crippen LogP contribution in [-0.2, 0) is 11.8 Å². The zero-order chi connectivity index (χ0) is 13.5. The number of ether oxygens (including phenoxy) is 1. The van der Waals surface area contributed by atoms with Crippen molar-refractivity contribution in [2.24, 2.45) is 13.0 Å². The van der Waals surface area contributed by atoms with Crippen LogP contribution >= 0.6 is 0 Å². The molecular formula is C14H23N3O2. The fraction of sp³-hybridized carbons (Fsp3) is 0.786. The van der Waals surface area contributed by atoms with Gasteiger partial charge in [0.25, 0.3) is 0 Å². The number of rotatable bonds is 2. The molecule has 2 unspecified atom stereocenters. The molecule has 1 aliphatic heterocycles. The van der Waals surface area contributed by atoms with Crippen LogP contribution in [-0.4, -0.2) is 27.1 Å². The molecule has 1 aromatic rings. The predicted molar refractivity (Wildman–Crippen MR) is 72.5 cm³/mol. The van der Waals surface area contributed by atoms with Crippen LogP contribution in [0.25, 0.3) is 0 Å². The molecule has 0 amide bonds. The Kier molecular flexibility index (Phi) is 3.27. The van der Waals surface area contributed by atoms with Crippen LogP contribution in [0.4, 0.5) is 5.82 Å². The van der Waals surface area contributed by atoms with Gasteiger partial charge in [0.2, 0.25) is 0 Å². The number of nitrogens with zero attached hydrogens (tertiary/aromatic N) is 2. The summed E-state index contributed by atoms with van der Waals surface area (Å²) in [6.07, 6.45) is 7.79. The summed E-state index contributed by atoms with van der Waals surface area (Å²) < 4.78 is 7.63. The van der Waals surface area contributed by atoms with Crippen LogP contribution in [0.5, 0.6) is 0 Å². The molecule has 1 saturated heterocycles. The third-order valence-electron chi connectivity index (χ3n) is 4.83. The van der Waals surface area contributed by atoms with E-state index in [1.807, 2.05) is 0 Å². The number of hydrogen-bond donors (Lipinski definition) is 2. The Labute approximate surface area is 113 Å². The van der Waals surface area contributed by atoms with Crippen molar-refractivity contribution in [3.63, 3.8) is 0 Å². The molecule has 5 nitrogen and oxygen atoms in total. The average molecular weight is 265 g/mol. The molecule has 2 heterocycles. The molecule has 1 spiro atoms. The minimum absolute atomic E-state index is 0.0286. The van der Waals surface area contributed by atoms with Gasteiger partial charge in [0, 0.05) is 19.2 Å². The van der Waals surface area contributed by atoms with Gasteiger partial charge in [-0.15, -0.1) is 0 Å². The van der Waals surface area contributed by atoms with E-state index < -0.39 is 6.10 Å². The molecule has 5 heteroatoms. The van der Waals surface area contributed by atoms with Gasteiger partial charge in [-0.2, -0.15) is 5.10 Å². The smallest absolute Gasteiger partial charge is 0.127 e. The molecule has 106 valence electrons. The molecule has 0 radical (unpaired) electrons. The summed E-state index contributed by atoms with van der Waals surface area (Å²) in [5.41, 5.74) is 6.76. The molecule has 1 saturated carbocycles. The molecule has 0 bridgehead atoms. The van der Waals surface area contributed by atoms with Crippen LogP contribution in [0.2, 0.25) is 0 Å². The van der Waals surface area contributed by atoms with E-state index in [0.717, 1.165) is 37.9 Å². The maximum Gasteiger partial charge on any atom is 0.127 e. The average Bonchev–Trinajstić information content (AvgIpc) is 2.98. The van der Waals surface area contributed by atoms with Crippen molar-refractivity contribution in [1.82, 2.24) is 9.78 Å². The van der Waals surface area contributed by atoms with Crippen molar-refractivity contribution in [2.75, 3.05) is 12.3 Å². The number of aliphatic hydroxyl groups is 1. The normalized spacial score (nSPS) is 27.8. The predicted octanol–water partition coefficient (Wildman–Crippen LogP) is 1.78. The highest BCUT2D eigenvalue weighted by molar-refractivity contribution is 5.40. The molecule has 3 N–H and O–H groups in total. The van der Waals surface area contributed by atoms with E-state index in [0.29, 0.717) is 5.82 Å². The Bertz CT molecular complexity index is 452. The largest absolute Gasteiger partial charge is 0.388 e. The minimum Gasteiger partial charge on any atom is -0.388 e. The van der Waals surface area contributed by atoms with Crippen molar-refractivity contribution < 1.29 is 9.84 Å². The molecule has 2 atom stereocenters. The minimum atomic E-state index is -0.518. The summed E-state index contributed by atoms with van der Waals surface area (Å²) in [5, 5.41) is 14.7. The zero-order valence-electron chi connectivity index (χ0n) is 11.5. The van der Waals surface area contributed by atoms with E-state index >= 15 is 0 Å². The summed E-state index contributed by atoms with van der Waals surface area (Å²) in [6, 6.07) is 0. The van der Waals surface area contributed by atoms with E-state index in [1.165, 1.54) is 12.8 Å². The van der Waals surface area contributed by atoms with Gasteiger partial charge in [0.15, 0.2) is 0 Å². The van der Waals surface area contributed by atoms with E-state index in [9.17, 15) is 5.11 Å². The summed E-state index contributed by atoms with van der Waals surface area (Å²) in [4.78, 5) is 0. The molecule has 3 rings (SSSR count). The fourth-order valence-corrected chi connectivity index (χ4v) is 3.65. The summed E-state index contributed by atoms with van der Waals surface area (Å²) in [6.45, 7) is 0.752. The van der Waals surface area contributed by atoms with Crippen molar-refractivity contribution in [3.8, 4) is 0 Å². The standard InChI is InChI=1S/C14H23N3O2/c1-17-13(15)11(9-16-17)12(18)10-4-7-19-14(8-10)5-2-3-6-14/h9-10,12,18H,2-8,15H2,1H3. The Balaban J connectivity index is 1.76. The lowest BCUT2D eigenvalue weighted by Gasteiger charge is -2.40. The van der Waals surface area contributed by atoms with Crippen molar-refractivity contribution in [2.45, 2.75) is 50.2 Å². The molecular weight excluding hydrogens is 242 g/mol. The third-order valence-corrected chi connectivity index (χ3v) is 4.83. The van der Waals surface area contributed by atoms with Crippen LogP contribution in [0.15, 0.2) is 6.20 Å². The van der Waals surface area contributed by atoms with E-state index in [2.05, 4.69) is 5.10 Å². The number of hydrogen-bond acceptors (Lipinski definition) is 4. The van der Waals surface area contributed by atoms with Crippen molar-refractivity contribution in [3.05, 3.63) is 11.8 Å². The second-order valence-corrected chi connectivity index (χ2v) is 6.05. The van der Waals surface area contributed by atoms with Crippen LogP contribution in [0, 0.1) is 5.92 Å². The molecule has 19 heavy (non-hydrogen) atoms. The molecule has 1 aromatic heterocycles. The number of aryl methyl sites for hydroxylation is 1. The molecule has 2 aliphatic rings. The van der Waals surface area contributed by atoms with Crippen LogP contribution in [0.3, 0.4) is 0 Å². The first-order chi connectivity index (χ1) is 9.11. The van der Waals surface area contributed by atoms with Gasteiger partial charge in [-0.05, 0) is 31.6 Å². The Hall–Kier alpha value is -1.07. The molecule has 1 aliphatic carbocycles. The first-order valence-corrected chi connectivity index (χ1v) is 7.21. The Morgan fingerprint density at radius 2 is 2.26 bits per heavy atom. The number of anilines is 1. The van der Waals surface area contributed by atoms with Gasteiger partial charge >= 0.3 is 0 Å². The van der Waals surface area contributed by atoms with E-state index in [1.54, 1.807) is 17.9 Å². The van der Waals surface area contributed by atoms with Gasteiger partial charge < -0.3 is 15.6 Å². The van der Waals surface area contributed by atoms with Gasteiger partial charge in [-0.25, -0.2) is 0 Å². The molecule has 0 aromatic carbocycles. The fourth-order valence-electron chi connectivity index (χ4n) is 3.65. The quantitative estimate of drug-likeness (QED) is 0.855. The number of nitrogens with two attached hydrogens (primary N) is 1. The highest BCUT2D eigenvalue weighted by Gasteiger charge is 2.42. The highest BCUT2D eigenvalue weighted by Crippen LogP contribution is 2.45. The monoisotopic (exact) mass is 265 g/mol. The SMILES string of the molecule is Cn1ncc(C(O)C2CCOC3(CCCC3)C2)c1N. The number of nitrogen functional groups attached to an aromatic ring is 1. The van der Waals surface area contributed by atoms with Gasteiger partial charge in [-0.3, -0.25) is 4.68 Å². The Morgan fingerprint density at radius 1 is 1.53 bits per heavy atom. The molecule has 2 fully saturated rings. The maximum atomic E-state index is 10.6. The number of aromatic nitrogens is 2. The first-order valence-electron chi connectivity index (χ1n) is 7.21. The number of aliphatic hydroxyl groups excluding tert-OH is 1. The lowest BCUT2D eigenvalue weighted by molar-refractivity contribution is -0.113. The second-order valence-electron chi connectivity index (χ2n) is 6.05. The van der Waals surface area contributed by atoms with Crippen LogP contribution < -0.4 is 5.73 Å². The zero-order valence-corrected chi connectivity index (χ0v) is 11.5. The summed E-state index contributed by atoms with van der Waals surface area (Å²) in [7, 11) is 1.80. The van der Waals surface area contributed by atoms with Crippen LogP contribution in [0.1, 0.15) is 50.2 Å². The second kappa shape index (κ2) is 4.80. The summed E-state index contributed by atoms with van der Waals surface area (Å²) >= 11 is 0. The van der Waals surface area contributed by atoms with E-state index in [4.69, 9.17) is 10.5 Å². The topological polar surface area (TPSA) is 73.3 Å². The van der Waals surface area contributed by atoms with Crippen molar-refractivity contribution in [1.29, 1.82) is 0 Å². The van der Waals surface area contributed by atoms with Gasteiger partial charge in [0.1, 0.15) is 5.82 Å². The van der Waals surface area contributed by atoms with Gasteiger partial charge in [0.05, 0.1) is 17.9 Å². The lowest BCUT2D eigenvalue weighted by Crippen LogP contribution is -2.39. The lowest BCUT2D eigenvalue weighted by atomic mass is 9.80. The maximum absolute atomic E-state index is 10.6. The summed E-state index contributed by atoms with van der Waals surface area (Å²) in [5.74, 6) is 0.804.